The lowest BCUT2D eigenvalue weighted by atomic mass is 9.45. The normalized spacial score (nSPS) is 33.0. The largest absolute Gasteiger partial charge is 0.0648 e. The van der Waals surface area contributed by atoms with Crippen LogP contribution in [0.15, 0.2) is 0 Å². The van der Waals surface area contributed by atoms with E-state index in [9.17, 15) is 0 Å². The Kier molecular flexibility index (Phi) is 2.07. The molecule has 0 aromatic carbocycles. The van der Waals surface area contributed by atoms with Crippen molar-refractivity contribution in [2.75, 3.05) is 0 Å². The van der Waals surface area contributed by atoms with E-state index in [1.54, 1.807) is 0 Å². The predicted octanol–water partition coefficient (Wildman–Crippen LogP) is 3.86. The monoisotopic (exact) mass is 154 g/mol. The van der Waals surface area contributed by atoms with Gasteiger partial charge in [-0.05, 0) is 23.2 Å². The third-order valence-corrected chi connectivity index (χ3v) is 4.31. The highest BCUT2D eigenvalue weighted by Gasteiger charge is 2.53. The standard InChI is InChI=1S/C11H22/c1-6-11(7-2)8-10(4,5)9(11)3/h9H,6-8H2,1-5H3. The van der Waals surface area contributed by atoms with Crippen molar-refractivity contribution in [1.82, 2.24) is 0 Å². The highest BCUT2D eigenvalue weighted by atomic mass is 14.6. The Morgan fingerprint density at radius 2 is 1.64 bits per heavy atom. The highest BCUT2D eigenvalue weighted by Crippen LogP contribution is 2.62. The minimum atomic E-state index is 0.617. The summed E-state index contributed by atoms with van der Waals surface area (Å²) >= 11 is 0. The van der Waals surface area contributed by atoms with Crippen LogP contribution >= 0.6 is 0 Å². The molecule has 0 amide bonds. The molecule has 0 saturated heterocycles. The maximum Gasteiger partial charge on any atom is -0.0267 e. The first-order valence-corrected chi connectivity index (χ1v) is 4.98. The van der Waals surface area contributed by atoms with Crippen molar-refractivity contribution >= 4 is 0 Å². The first-order valence-electron chi connectivity index (χ1n) is 4.98. The number of rotatable bonds is 2. The van der Waals surface area contributed by atoms with Crippen molar-refractivity contribution < 1.29 is 0 Å². The smallest absolute Gasteiger partial charge is 0.0267 e. The molecular formula is C11H22. The van der Waals surface area contributed by atoms with Gasteiger partial charge in [-0.25, -0.2) is 0 Å². The maximum absolute atomic E-state index is 2.43. The van der Waals surface area contributed by atoms with Gasteiger partial charge in [0.05, 0.1) is 0 Å². The van der Waals surface area contributed by atoms with E-state index in [4.69, 9.17) is 0 Å². The Labute approximate surface area is 71.4 Å². The molecule has 1 aliphatic rings. The molecule has 1 rings (SSSR count). The van der Waals surface area contributed by atoms with E-state index in [2.05, 4.69) is 34.6 Å². The Balaban J connectivity index is 2.66. The summed E-state index contributed by atoms with van der Waals surface area (Å²) in [7, 11) is 0. The van der Waals surface area contributed by atoms with Crippen LogP contribution in [0, 0.1) is 16.7 Å². The minimum Gasteiger partial charge on any atom is -0.0648 e. The third-order valence-electron chi connectivity index (χ3n) is 4.31. The Bertz CT molecular complexity index is 140. The molecule has 1 fully saturated rings. The van der Waals surface area contributed by atoms with E-state index >= 15 is 0 Å². The van der Waals surface area contributed by atoms with Crippen molar-refractivity contribution in [3.63, 3.8) is 0 Å². The molecule has 0 bridgehead atoms. The molecule has 0 spiro atoms. The van der Waals surface area contributed by atoms with Gasteiger partial charge >= 0.3 is 0 Å². The molecule has 1 aliphatic carbocycles. The fourth-order valence-electron chi connectivity index (χ4n) is 3.02. The van der Waals surface area contributed by atoms with Crippen molar-refractivity contribution in [3.8, 4) is 0 Å². The second-order valence-corrected chi connectivity index (χ2v) is 4.96. The topological polar surface area (TPSA) is 0 Å². The lowest BCUT2D eigenvalue weighted by molar-refractivity contribution is -0.1000. The summed E-state index contributed by atoms with van der Waals surface area (Å²) in [6, 6.07) is 0. The van der Waals surface area contributed by atoms with Gasteiger partial charge in [-0.15, -0.1) is 0 Å². The van der Waals surface area contributed by atoms with Crippen LogP contribution in [0.4, 0.5) is 0 Å². The van der Waals surface area contributed by atoms with Crippen LogP contribution in [0.2, 0.25) is 0 Å². The van der Waals surface area contributed by atoms with Crippen molar-refractivity contribution in [2.24, 2.45) is 16.7 Å². The average Bonchev–Trinajstić information content (AvgIpc) is 1.99. The fourth-order valence-corrected chi connectivity index (χ4v) is 3.02. The van der Waals surface area contributed by atoms with Crippen LogP contribution in [-0.4, -0.2) is 0 Å². The first-order chi connectivity index (χ1) is 4.98. The van der Waals surface area contributed by atoms with Gasteiger partial charge in [0, 0.05) is 0 Å². The van der Waals surface area contributed by atoms with Crippen LogP contribution in [0.25, 0.3) is 0 Å². The molecule has 0 aliphatic heterocycles. The van der Waals surface area contributed by atoms with Gasteiger partial charge in [0.25, 0.3) is 0 Å². The van der Waals surface area contributed by atoms with Crippen LogP contribution in [0.5, 0.6) is 0 Å². The lowest BCUT2D eigenvalue weighted by Crippen LogP contribution is -2.51. The van der Waals surface area contributed by atoms with Crippen molar-refractivity contribution in [2.45, 2.75) is 53.9 Å². The van der Waals surface area contributed by atoms with Gasteiger partial charge in [-0.3, -0.25) is 0 Å². The highest BCUT2D eigenvalue weighted by molar-refractivity contribution is 5.02. The molecule has 0 nitrogen and oxygen atoms in total. The van der Waals surface area contributed by atoms with E-state index in [0.717, 1.165) is 5.92 Å². The quantitative estimate of drug-likeness (QED) is 0.566. The second kappa shape index (κ2) is 2.50. The van der Waals surface area contributed by atoms with E-state index in [1.807, 2.05) is 0 Å². The number of hydrogen-bond donors (Lipinski definition) is 0. The number of hydrogen-bond acceptors (Lipinski definition) is 0. The molecule has 0 heterocycles. The van der Waals surface area contributed by atoms with Crippen LogP contribution in [0.1, 0.15) is 53.9 Å². The van der Waals surface area contributed by atoms with Crippen molar-refractivity contribution in [1.29, 1.82) is 0 Å². The second-order valence-electron chi connectivity index (χ2n) is 4.96. The Morgan fingerprint density at radius 3 is 1.73 bits per heavy atom. The zero-order chi connectivity index (χ0) is 8.70. The van der Waals surface area contributed by atoms with E-state index in [0.29, 0.717) is 10.8 Å². The van der Waals surface area contributed by atoms with Gasteiger partial charge < -0.3 is 0 Å². The summed E-state index contributed by atoms with van der Waals surface area (Å²) in [5, 5.41) is 0. The third kappa shape index (κ3) is 1.11. The van der Waals surface area contributed by atoms with Gasteiger partial charge in [0.1, 0.15) is 0 Å². The zero-order valence-corrected chi connectivity index (χ0v) is 8.70. The van der Waals surface area contributed by atoms with Gasteiger partial charge in [0.15, 0.2) is 0 Å². The molecule has 0 N–H and O–H groups in total. The summed E-state index contributed by atoms with van der Waals surface area (Å²) in [5.41, 5.74) is 1.32. The van der Waals surface area contributed by atoms with E-state index < -0.39 is 0 Å². The molecule has 0 aromatic heterocycles. The summed E-state index contributed by atoms with van der Waals surface area (Å²) in [6.07, 6.45) is 4.18. The lowest BCUT2D eigenvalue weighted by Gasteiger charge is -2.59. The first kappa shape index (κ1) is 9.09. The zero-order valence-electron chi connectivity index (χ0n) is 8.70. The molecular weight excluding hydrogens is 132 g/mol. The Hall–Kier alpha value is 0. The molecule has 66 valence electrons. The predicted molar refractivity (Wildman–Crippen MR) is 50.6 cm³/mol. The van der Waals surface area contributed by atoms with Crippen LogP contribution in [0.3, 0.4) is 0 Å². The van der Waals surface area contributed by atoms with Crippen molar-refractivity contribution in [3.05, 3.63) is 0 Å². The molecule has 0 radical (unpaired) electrons. The molecule has 1 unspecified atom stereocenters. The minimum absolute atomic E-state index is 0.617. The summed E-state index contributed by atoms with van der Waals surface area (Å²) in [5.74, 6) is 0.921. The van der Waals surface area contributed by atoms with Gasteiger partial charge in [0.2, 0.25) is 0 Å². The molecule has 1 atom stereocenters. The van der Waals surface area contributed by atoms with Crippen LogP contribution < -0.4 is 0 Å². The van der Waals surface area contributed by atoms with Gasteiger partial charge in [-0.1, -0.05) is 47.5 Å². The fraction of sp³-hybridized carbons (Fsp3) is 1.00. The summed E-state index contributed by atoms with van der Waals surface area (Å²) in [4.78, 5) is 0. The van der Waals surface area contributed by atoms with Gasteiger partial charge in [-0.2, -0.15) is 0 Å². The summed E-state index contributed by atoms with van der Waals surface area (Å²) in [6.45, 7) is 11.9. The average molecular weight is 154 g/mol. The SMILES string of the molecule is CCC1(CC)CC(C)(C)C1C. The molecule has 0 aromatic rings. The Morgan fingerprint density at radius 1 is 1.18 bits per heavy atom. The molecule has 11 heavy (non-hydrogen) atoms. The van der Waals surface area contributed by atoms with E-state index in [-0.39, 0.29) is 0 Å². The van der Waals surface area contributed by atoms with E-state index in [1.165, 1.54) is 19.3 Å². The summed E-state index contributed by atoms with van der Waals surface area (Å²) < 4.78 is 0. The molecule has 0 heteroatoms. The van der Waals surface area contributed by atoms with Crippen LogP contribution in [-0.2, 0) is 0 Å². The molecule has 1 saturated carbocycles. The maximum atomic E-state index is 2.43.